The van der Waals surface area contributed by atoms with Crippen LogP contribution in [0.15, 0.2) is 36.5 Å². The summed E-state index contributed by atoms with van der Waals surface area (Å²) in [6.45, 7) is 5.90. The average molecular weight is 378 g/mol. The van der Waals surface area contributed by atoms with Gasteiger partial charge in [-0.15, -0.1) is 0 Å². The van der Waals surface area contributed by atoms with Crippen LogP contribution in [0.1, 0.15) is 43.5 Å². The topological polar surface area (TPSA) is 81.4 Å². The van der Waals surface area contributed by atoms with Gasteiger partial charge in [0.1, 0.15) is 17.5 Å². The second-order valence-electron chi connectivity index (χ2n) is 7.26. The number of nitrogens with zero attached hydrogens (tertiary/aromatic N) is 3. The minimum atomic E-state index is 0.217. The summed E-state index contributed by atoms with van der Waals surface area (Å²) < 4.78 is 5.24. The van der Waals surface area contributed by atoms with Crippen molar-refractivity contribution in [2.75, 3.05) is 12.3 Å². The number of benzene rings is 1. The second-order valence-corrected chi connectivity index (χ2v) is 7.26. The lowest BCUT2D eigenvalue weighted by Gasteiger charge is -2.22. The van der Waals surface area contributed by atoms with Crippen LogP contribution in [0.2, 0.25) is 0 Å². The molecule has 1 atom stereocenters. The Labute approximate surface area is 166 Å². The Morgan fingerprint density at radius 3 is 2.64 bits per heavy atom. The summed E-state index contributed by atoms with van der Waals surface area (Å²) >= 11 is 0. The van der Waals surface area contributed by atoms with Gasteiger partial charge in [-0.3, -0.25) is 10.2 Å². The van der Waals surface area contributed by atoms with E-state index in [1.54, 1.807) is 19.4 Å². The summed E-state index contributed by atoms with van der Waals surface area (Å²) in [5.41, 5.74) is 7.49. The predicted octanol–water partition coefficient (Wildman–Crippen LogP) is 4.35. The number of methoxy groups -OCH3 is 1. The van der Waals surface area contributed by atoms with Gasteiger partial charge in [0.2, 0.25) is 0 Å². The zero-order valence-electron chi connectivity index (χ0n) is 16.7. The van der Waals surface area contributed by atoms with Crippen LogP contribution in [-0.4, -0.2) is 23.3 Å². The maximum Gasteiger partial charge on any atom is 0.119 e. The molecule has 1 heterocycles. The number of hydrogen-bond acceptors (Lipinski definition) is 6. The first kappa shape index (κ1) is 19.9. The number of nitrogens with one attached hydrogen (secondary N) is 1. The van der Waals surface area contributed by atoms with E-state index < -0.39 is 0 Å². The normalized spacial score (nSPS) is 15.4. The van der Waals surface area contributed by atoms with Crippen LogP contribution in [0.4, 0.5) is 5.69 Å². The van der Waals surface area contributed by atoms with Gasteiger partial charge in [0.15, 0.2) is 0 Å². The summed E-state index contributed by atoms with van der Waals surface area (Å²) in [4.78, 5) is 4.45. The Hall–Kier alpha value is -2.88. The largest absolute Gasteiger partial charge is 0.497 e. The van der Waals surface area contributed by atoms with E-state index in [2.05, 4.69) is 23.4 Å². The summed E-state index contributed by atoms with van der Waals surface area (Å²) in [6.07, 6.45) is 4.00. The number of nitriles is 1. The highest BCUT2D eigenvalue weighted by Gasteiger charge is 2.29. The van der Waals surface area contributed by atoms with Crippen molar-refractivity contribution in [3.8, 4) is 11.8 Å². The van der Waals surface area contributed by atoms with Crippen LogP contribution in [0.3, 0.4) is 0 Å². The maximum atomic E-state index is 10.2. The number of rotatable bonds is 7. The van der Waals surface area contributed by atoms with E-state index in [-0.39, 0.29) is 6.04 Å². The molecular weight excluding hydrogens is 352 g/mol. The van der Waals surface area contributed by atoms with Gasteiger partial charge in [-0.2, -0.15) is 10.4 Å². The molecule has 0 aliphatic heterocycles. The quantitative estimate of drug-likeness (QED) is 0.551. The molecule has 1 fully saturated rings. The highest BCUT2D eigenvalue weighted by molar-refractivity contribution is 5.96. The van der Waals surface area contributed by atoms with Crippen molar-refractivity contribution < 1.29 is 9.94 Å². The molecule has 0 saturated heterocycles. The highest BCUT2D eigenvalue weighted by Crippen LogP contribution is 2.33. The molecule has 146 valence electrons. The van der Waals surface area contributed by atoms with Crippen LogP contribution in [0.25, 0.3) is 11.1 Å². The molecular formula is C22H26N4O2. The molecule has 0 amide bonds. The van der Waals surface area contributed by atoms with E-state index in [1.165, 1.54) is 12.8 Å². The minimum absolute atomic E-state index is 0.217. The summed E-state index contributed by atoms with van der Waals surface area (Å²) in [5, 5.41) is 21.0. The lowest BCUT2D eigenvalue weighted by atomic mass is 9.95. The lowest BCUT2D eigenvalue weighted by Crippen LogP contribution is -2.42. The zero-order chi connectivity index (χ0) is 20.3. The molecule has 3 rings (SSSR count). The number of hydrogen-bond donors (Lipinski definition) is 2. The lowest BCUT2D eigenvalue weighted by molar-refractivity contribution is 0.190. The van der Waals surface area contributed by atoms with Gasteiger partial charge in [0.05, 0.1) is 24.6 Å². The molecule has 0 spiro atoms. The highest BCUT2D eigenvalue weighted by atomic mass is 16.5. The molecule has 0 radical (unpaired) electrons. The van der Waals surface area contributed by atoms with Crippen LogP contribution in [0.5, 0.6) is 5.75 Å². The second kappa shape index (κ2) is 8.42. The number of allylic oxidation sites excluding steroid dienone is 2. The first-order valence-corrected chi connectivity index (χ1v) is 9.42. The molecule has 1 aromatic heterocycles. The van der Waals surface area contributed by atoms with Gasteiger partial charge in [-0.1, -0.05) is 0 Å². The number of aromatic nitrogens is 1. The Morgan fingerprint density at radius 2 is 2.11 bits per heavy atom. The average Bonchev–Trinajstić information content (AvgIpc) is 3.55. The summed E-state index contributed by atoms with van der Waals surface area (Å²) in [7, 11) is 1.62. The fourth-order valence-corrected chi connectivity index (χ4v) is 3.22. The Kier molecular flexibility index (Phi) is 5.98. The standard InChI is InChI=1S/C22H26N4O2/c1-14-11-19(28-4)8-9-20(14)21(12-23)15(2)22-10-7-18(13-24-22)26(27)25-16(3)17-5-6-17/h7-11,13,16-17,25,27H,5-6H2,1-4H3/b21-15+/t16-/m0/s1. The first-order valence-electron chi connectivity index (χ1n) is 9.42. The summed E-state index contributed by atoms with van der Waals surface area (Å²) in [6, 6.07) is 11.8. The number of ether oxygens (including phenoxy) is 1. The molecule has 0 unspecified atom stereocenters. The molecule has 6 nitrogen and oxygen atoms in total. The fraction of sp³-hybridized carbons (Fsp3) is 0.364. The van der Waals surface area contributed by atoms with Crippen LogP contribution >= 0.6 is 0 Å². The Morgan fingerprint density at radius 1 is 1.36 bits per heavy atom. The van der Waals surface area contributed by atoms with E-state index in [1.807, 2.05) is 38.1 Å². The van der Waals surface area contributed by atoms with Crippen LogP contribution < -0.4 is 15.3 Å². The van der Waals surface area contributed by atoms with Gasteiger partial charge in [-0.05, 0) is 86.6 Å². The molecule has 1 aromatic carbocycles. The van der Waals surface area contributed by atoms with E-state index in [0.29, 0.717) is 22.9 Å². The molecule has 1 aliphatic rings. The number of pyridine rings is 1. The molecule has 0 bridgehead atoms. The molecule has 28 heavy (non-hydrogen) atoms. The van der Waals surface area contributed by atoms with Crippen molar-refractivity contribution >= 4 is 16.8 Å². The maximum absolute atomic E-state index is 10.2. The van der Waals surface area contributed by atoms with E-state index in [9.17, 15) is 10.5 Å². The third-order valence-electron chi connectivity index (χ3n) is 5.22. The van der Waals surface area contributed by atoms with E-state index in [0.717, 1.165) is 27.6 Å². The van der Waals surface area contributed by atoms with Gasteiger partial charge >= 0.3 is 0 Å². The van der Waals surface area contributed by atoms with Gasteiger partial charge in [-0.25, -0.2) is 5.43 Å². The van der Waals surface area contributed by atoms with E-state index in [4.69, 9.17) is 4.74 Å². The van der Waals surface area contributed by atoms with Crippen molar-refractivity contribution in [3.05, 3.63) is 53.3 Å². The fourth-order valence-electron chi connectivity index (χ4n) is 3.22. The number of anilines is 1. The van der Waals surface area contributed by atoms with E-state index >= 15 is 0 Å². The summed E-state index contributed by atoms with van der Waals surface area (Å²) in [5.74, 6) is 1.38. The van der Waals surface area contributed by atoms with Gasteiger partial charge in [0, 0.05) is 6.04 Å². The third kappa shape index (κ3) is 4.33. The molecule has 1 aliphatic carbocycles. The van der Waals surface area contributed by atoms with Gasteiger partial charge < -0.3 is 4.74 Å². The monoisotopic (exact) mass is 378 g/mol. The minimum Gasteiger partial charge on any atom is -0.497 e. The predicted molar refractivity (Wildman–Crippen MR) is 110 cm³/mol. The SMILES string of the molecule is COc1ccc(/C(C#N)=C(\C)c2ccc(N(O)N[C@@H](C)C3CC3)cn2)c(C)c1. The van der Waals surface area contributed by atoms with Crippen molar-refractivity contribution in [1.29, 1.82) is 5.26 Å². The first-order chi connectivity index (χ1) is 13.4. The van der Waals surface area contributed by atoms with Crippen molar-refractivity contribution in [1.82, 2.24) is 10.4 Å². The number of aryl methyl sites for hydroxylation is 1. The van der Waals surface area contributed by atoms with Gasteiger partial charge in [0.25, 0.3) is 0 Å². The third-order valence-corrected chi connectivity index (χ3v) is 5.22. The van der Waals surface area contributed by atoms with Crippen molar-refractivity contribution in [3.63, 3.8) is 0 Å². The smallest absolute Gasteiger partial charge is 0.119 e. The molecule has 1 saturated carbocycles. The molecule has 2 N–H and O–H groups in total. The zero-order valence-corrected chi connectivity index (χ0v) is 16.7. The number of hydrazine groups is 1. The molecule has 6 heteroatoms. The Bertz CT molecular complexity index is 911. The van der Waals surface area contributed by atoms with Crippen LogP contribution in [0, 0.1) is 24.2 Å². The van der Waals surface area contributed by atoms with Crippen molar-refractivity contribution in [2.45, 2.75) is 39.7 Å². The Balaban J connectivity index is 1.83. The molecule has 2 aromatic rings. The van der Waals surface area contributed by atoms with Crippen LogP contribution in [-0.2, 0) is 0 Å². The van der Waals surface area contributed by atoms with Crippen molar-refractivity contribution in [2.24, 2.45) is 5.92 Å².